The first kappa shape index (κ1) is 13.8. The highest BCUT2D eigenvalue weighted by Gasteiger charge is 2.36. The Morgan fingerprint density at radius 3 is 2.85 bits per heavy atom. The molecule has 20 heavy (non-hydrogen) atoms. The van der Waals surface area contributed by atoms with Gasteiger partial charge in [-0.1, -0.05) is 31.2 Å². The van der Waals surface area contributed by atoms with Gasteiger partial charge in [-0.05, 0) is 31.2 Å². The van der Waals surface area contributed by atoms with Crippen molar-refractivity contribution < 1.29 is 9.53 Å². The number of morpholine rings is 1. The maximum atomic E-state index is 12.4. The van der Waals surface area contributed by atoms with Crippen LogP contribution in [0.5, 0.6) is 0 Å². The quantitative estimate of drug-likeness (QED) is 0.790. The Morgan fingerprint density at radius 2 is 2.10 bits per heavy atom. The van der Waals surface area contributed by atoms with Gasteiger partial charge in [0.15, 0.2) is 5.78 Å². The van der Waals surface area contributed by atoms with Gasteiger partial charge in [0.05, 0.1) is 19.3 Å². The predicted octanol–water partition coefficient (Wildman–Crippen LogP) is 2.69. The highest BCUT2D eigenvalue weighted by Crippen LogP contribution is 2.29. The van der Waals surface area contributed by atoms with E-state index in [-0.39, 0.29) is 5.78 Å². The second kappa shape index (κ2) is 6.06. The fourth-order valence-corrected chi connectivity index (χ4v) is 3.40. The summed E-state index contributed by atoms with van der Waals surface area (Å²) in [6.07, 6.45) is 4.93. The number of hydrogen-bond acceptors (Lipinski definition) is 3. The first-order chi connectivity index (χ1) is 9.78. The van der Waals surface area contributed by atoms with Gasteiger partial charge in [-0.2, -0.15) is 0 Å². The molecule has 108 valence electrons. The second-order valence-electron chi connectivity index (χ2n) is 5.85. The Kier molecular flexibility index (Phi) is 4.18. The third-order valence-electron chi connectivity index (χ3n) is 4.63. The highest BCUT2D eigenvalue weighted by molar-refractivity contribution is 5.97. The summed E-state index contributed by atoms with van der Waals surface area (Å²) in [7, 11) is 0. The zero-order chi connectivity index (χ0) is 13.9. The van der Waals surface area contributed by atoms with Crippen molar-refractivity contribution in [2.75, 3.05) is 19.7 Å². The zero-order valence-electron chi connectivity index (χ0n) is 12.2. The SMILES string of the molecule is CCc1ccc(C(=O)CN2CCOC3CCCC32)cc1. The Labute approximate surface area is 120 Å². The van der Waals surface area contributed by atoms with E-state index in [0.717, 1.165) is 31.6 Å². The number of nitrogens with zero attached hydrogens (tertiary/aromatic N) is 1. The van der Waals surface area contributed by atoms with E-state index >= 15 is 0 Å². The van der Waals surface area contributed by atoms with E-state index in [1.54, 1.807) is 0 Å². The fraction of sp³-hybridized carbons (Fsp3) is 0.588. The molecule has 1 aromatic rings. The van der Waals surface area contributed by atoms with E-state index in [4.69, 9.17) is 4.74 Å². The maximum Gasteiger partial charge on any atom is 0.176 e. The Balaban J connectivity index is 1.65. The van der Waals surface area contributed by atoms with Gasteiger partial charge in [0.2, 0.25) is 0 Å². The topological polar surface area (TPSA) is 29.5 Å². The first-order valence-corrected chi connectivity index (χ1v) is 7.75. The Bertz CT molecular complexity index is 468. The van der Waals surface area contributed by atoms with Crippen LogP contribution in [0, 0.1) is 0 Å². The number of carbonyl (C=O) groups is 1. The van der Waals surface area contributed by atoms with Crippen LogP contribution in [0.15, 0.2) is 24.3 Å². The normalized spacial score (nSPS) is 26.4. The first-order valence-electron chi connectivity index (χ1n) is 7.75. The molecule has 3 heteroatoms. The molecule has 3 nitrogen and oxygen atoms in total. The summed E-state index contributed by atoms with van der Waals surface area (Å²) >= 11 is 0. The minimum Gasteiger partial charge on any atom is -0.375 e. The highest BCUT2D eigenvalue weighted by atomic mass is 16.5. The summed E-state index contributed by atoms with van der Waals surface area (Å²) in [5.41, 5.74) is 2.12. The van der Waals surface area contributed by atoms with Gasteiger partial charge in [0.25, 0.3) is 0 Å². The van der Waals surface area contributed by atoms with Crippen molar-refractivity contribution in [1.29, 1.82) is 0 Å². The second-order valence-corrected chi connectivity index (χ2v) is 5.85. The molecule has 1 aromatic carbocycles. The van der Waals surface area contributed by atoms with Crippen LogP contribution >= 0.6 is 0 Å². The number of Topliss-reactive ketones (excluding diaryl/α,β-unsaturated/α-hetero) is 1. The van der Waals surface area contributed by atoms with Crippen LogP contribution in [0.1, 0.15) is 42.1 Å². The zero-order valence-corrected chi connectivity index (χ0v) is 12.2. The Morgan fingerprint density at radius 1 is 1.30 bits per heavy atom. The van der Waals surface area contributed by atoms with E-state index in [1.807, 2.05) is 12.1 Å². The molecule has 2 fully saturated rings. The molecular weight excluding hydrogens is 250 g/mol. The lowest BCUT2D eigenvalue weighted by atomic mass is 10.0. The van der Waals surface area contributed by atoms with Gasteiger partial charge in [-0.15, -0.1) is 0 Å². The Hall–Kier alpha value is -1.19. The number of carbonyl (C=O) groups excluding carboxylic acids is 1. The summed E-state index contributed by atoms with van der Waals surface area (Å²) in [5.74, 6) is 0.236. The van der Waals surface area contributed by atoms with Crippen LogP contribution in [0.3, 0.4) is 0 Å². The predicted molar refractivity (Wildman–Crippen MR) is 79.1 cm³/mol. The number of hydrogen-bond donors (Lipinski definition) is 0. The number of benzene rings is 1. The van der Waals surface area contributed by atoms with E-state index in [1.165, 1.54) is 18.4 Å². The van der Waals surface area contributed by atoms with Gasteiger partial charge < -0.3 is 4.74 Å². The van der Waals surface area contributed by atoms with E-state index in [2.05, 4.69) is 24.0 Å². The number of ketones is 1. The standard InChI is InChI=1S/C17H23NO2/c1-2-13-6-8-14(9-7-13)16(19)12-18-10-11-20-17-5-3-4-15(17)18/h6-9,15,17H,2-5,10-12H2,1H3. The summed E-state index contributed by atoms with van der Waals surface area (Å²) in [6.45, 7) is 4.32. The molecule has 0 N–H and O–H groups in total. The molecule has 1 aliphatic carbocycles. The number of rotatable bonds is 4. The van der Waals surface area contributed by atoms with Gasteiger partial charge in [0.1, 0.15) is 0 Å². The molecule has 0 aromatic heterocycles. The van der Waals surface area contributed by atoms with Crippen molar-refractivity contribution in [2.24, 2.45) is 0 Å². The number of fused-ring (bicyclic) bond motifs is 1. The fourth-order valence-electron chi connectivity index (χ4n) is 3.40. The van der Waals surface area contributed by atoms with E-state index < -0.39 is 0 Å². The summed E-state index contributed by atoms with van der Waals surface area (Å²) in [4.78, 5) is 14.7. The van der Waals surface area contributed by atoms with Crippen molar-refractivity contribution in [2.45, 2.75) is 44.8 Å². The third kappa shape index (κ3) is 2.79. The lowest BCUT2D eigenvalue weighted by Gasteiger charge is -2.37. The van der Waals surface area contributed by atoms with Crippen LogP contribution in [-0.2, 0) is 11.2 Å². The van der Waals surface area contributed by atoms with Crippen LogP contribution in [0.25, 0.3) is 0 Å². The van der Waals surface area contributed by atoms with Crippen molar-refractivity contribution in [3.05, 3.63) is 35.4 Å². The van der Waals surface area contributed by atoms with Gasteiger partial charge in [-0.25, -0.2) is 0 Å². The molecule has 3 rings (SSSR count). The van der Waals surface area contributed by atoms with Crippen molar-refractivity contribution in [3.8, 4) is 0 Å². The number of aryl methyl sites for hydroxylation is 1. The minimum absolute atomic E-state index is 0.236. The molecule has 2 unspecified atom stereocenters. The van der Waals surface area contributed by atoms with Crippen LogP contribution in [-0.4, -0.2) is 42.5 Å². The minimum atomic E-state index is 0.236. The van der Waals surface area contributed by atoms with Crippen molar-refractivity contribution >= 4 is 5.78 Å². The van der Waals surface area contributed by atoms with Crippen LogP contribution < -0.4 is 0 Å². The molecule has 1 aliphatic heterocycles. The molecule has 1 saturated carbocycles. The number of ether oxygens (including phenoxy) is 1. The van der Waals surface area contributed by atoms with E-state index in [9.17, 15) is 4.79 Å². The van der Waals surface area contributed by atoms with Crippen LogP contribution in [0.2, 0.25) is 0 Å². The van der Waals surface area contributed by atoms with Crippen molar-refractivity contribution in [3.63, 3.8) is 0 Å². The molecule has 0 radical (unpaired) electrons. The molecule has 2 atom stereocenters. The van der Waals surface area contributed by atoms with Gasteiger partial charge in [-0.3, -0.25) is 9.69 Å². The van der Waals surface area contributed by atoms with Crippen molar-refractivity contribution in [1.82, 2.24) is 4.90 Å². The average molecular weight is 273 g/mol. The lowest BCUT2D eigenvalue weighted by Crippen LogP contribution is -2.50. The maximum absolute atomic E-state index is 12.4. The molecule has 0 bridgehead atoms. The summed E-state index contributed by atoms with van der Waals surface area (Å²) in [5, 5.41) is 0. The lowest BCUT2D eigenvalue weighted by molar-refractivity contribution is -0.0522. The molecule has 2 aliphatic rings. The van der Waals surface area contributed by atoms with Crippen LogP contribution in [0.4, 0.5) is 0 Å². The molecule has 0 spiro atoms. The average Bonchev–Trinajstić information content (AvgIpc) is 2.97. The summed E-state index contributed by atoms with van der Waals surface area (Å²) in [6, 6.07) is 8.51. The molecule has 1 saturated heterocycles. The summed E-state index contributed by atoms with van der Waals surface area (Å²) < 4.78 is 5.80. The van der Waals surface area contributed by atoms with Gasteiger partial charge >= 0.3 is 0 Å². The molecular formula is C17H23NO2. The van der Waals surface area contributed by atoms with E-state index in [0.29, 0.717) is 18.7 Å². The molecule has 0 amide bonds. The van der Waals surface area contributed by atoms with Gasteiger partial charge in [0, 0.05) is 18.2 Å². The largest absolute Gasteiger partial charge is 0.375 e. The third-order valence-corrected chi connectivity index (χ3v) is 4.63. The molecule has 1 heterocycles. The smallest absolute Gasteiger partial charge is 0.176 e. The monoisotopic (exact) mass is 273 g/mol.